The van der Waals surface area contributed by atoms with Gasteiger partial charge in [-0.05, 0) is 42.8 Å². The van der Waals surface area contributed by atoms with Gasteiger partial charge in [-0.2, -0.15) is 13.2 Å². The molecule has 0 amide bonds. The fraction of sp³-hybridized carbons (Fsp3) is 0.706. The largest absolute Gasteiger partial charge is 0.433 e. The van der Waals surface area contributed by atoms with Gasteiger partial charge in [-0.3, -0.25) is 0 Å². The summed E-state index contributed by atoms with van der Waals surface area (Å²) in [5.74, 6) is 2.03. The van der Waals surface area contributed by atoms with Crippen molar-refractivity contribution in [3.63, 3.8) is 0 Å². The Hall–Kier alpha value is -0.830. The van der Waals surface area contributed by atoms with Crippen LogP contribution in [0.2, 0.25) is 0 Å². The number of rotatable bonds is 4. The van der Waals surface area contributed by atoms with E-state index in [4.69, 9.17) is 4.74 Å². The lowest BCUT2D eigenvalue weighted by atomic mass is 10.0. The number of pyridine rings is 1. The highest BCUT2D eigenvalue weighted by Crippen LogP contribution is 2.38. The van der Waals surface area contributed by atoms with Gasteiger partial charge in [-0.25, -0.2) is 9.29 Å². The first kappa shape index (κ1) is 17.6. The van der Waals surface area contributed by atoms with Crippen LogP contribution in [0.15, 0.2) is 17.0 Å². The van der Waals surface area contributed by atoms with Gasteiger partial charge in [0.25, 0.3) is 0 Å². The maximum absolute atomic E-state index is 12.7. The number of alkyl halides is 3. The van der Waals surface area contributed by atoms with Gasteiger partial charge in [-0.1, -0.05) is 0 Å². The zero-order valence-corrected chi connectivity index (χ0v) is 14.9. The first-order valence-electron chi connectivity index (χ1n) is 8.66. The van der Waals surface area contributed by atoms with E-state index in [0.29, 0.717) is 23.4 Å². The molecule has 4 heterocycles. The van der Waals surface area contributed by atoms with E-state index in [1.54, 1.807) is 24.9 Å². The Labute approximate surface area is 149 Å². The zero-order valence-electron chi connectivity index (χ0n) is 14.1. The first-order valence-corrected chi connectivity index (χ1v) is 9.43. The molecule has 0 aliphatic carbocycles. The molecule has 3 aliphatic rings. The topological polar surface area (TPSA) is 28.6 Å². The van der Waals surface area contributed by atoms with Crippen molar-refractivity contribution in [2.45, 2.75) is 18.0 Å². The molecule has 2 atom stereocenters. The fourth-order valence-corrected chi connectivity index (χ4v) is 5.08. The summed E-state index contributed by atoms with van der Waals surface area (Å²) in [6.45, 7) is 8.83. The minimum absolute atomic E-state index is 0.448. The summed E-state index contributed by atoms with van der Waals surface area (Å²) in [6.07, 6.45) is -4.38. The van der Waals surface area contributed by atoms with E-state index in [2.05, 4.69) is 14.2 Å². The van der Waals surface area contributed by atoms with Crippen molar-refractivity contribution < 1.29 is 17.9 Å². The quantitative estimate of drug-likeness (QED) is 0.757. The fourth-order valence-electron chi connectivity index (χ4n) is 3.97. The van der Waals surface area contributed by atoms with E-state index >= 15 is 0 Å². The van der Waals surface area contributed by atoms with Crippen LogP contribution in [0.3, 0.4) is 0 Å². The predicted octanol–water partition coefficient (Wildman–Crippen LogP) is 2.93. The van der Waals surface area contributed by atoms with E-state index in [1.807, 2.05) is 0 Å². The Morgan fingerprint density at radius 3 is 2.36 bits per heavy atom. The van der Waals surface area contributed by atoms with E-state index < -0.39 is 11.9 Å². The van der Waals surface area contributed by atoms with Gasteiger partial charge >= 0.3 is 6.18 Å². The summed E-state index contributed by atoms with van der Waals surface area (Å²) in [5, 5.41) is 0. The molecular weight excluding hydrogens is 351 g/mol. The Balaban J connectivity index is 1.32. The Morgan fingerprint density at radius 2 is 1.84 bits per heavy atom. The third-order valence-electron chi connectivity index (χ3n) is 5.31. The van der Waals surface area contributed by atoms with Crippen LogP contribution in [0, 0.1) is 24.7 Å². The minimum atomic E-state index is -4.38. The van der Waals surface area contributed by atoms with Crippen LogP contribution in [0.4, 0.5) is 13.2 Å². The number of hydrogen-bond acceptors (Lipinski definition) is 5. The monoisotopic (exact) mass is 373 g/mol. The van der Waals surface area contributed by atoms with Crippen LogP contribution >= 0.6 is 11.9 Å². The number of hydrogen-bond donors (Lipinski definition) is 0. The molecule has 3 aliphatic heterocycles. The lowest BCUT2D eigenvalue weighted by molar-refractivity contribution is -0.141. The molecule has 0 bridgehead atoms. The molecule has 3 saturated heterocycles. The molecule has 2 unspecified atom stereocenters. The van der Waals surface area contributed by atoms with E-state index in [-0.39, 0.29) is 0 Å². The second kappa shape index (κ2) is 6.72. The SMILES string of the molecule is Cc1nc(C(F)(F)F)ccc1SN1CC2CN(CC3COC3)CC2C1. The first-order chi connectivity index (χ1) is 11.9. The summed E-state index contributed by atoms with van der Waals surface area (Å²) in [6, 6.07) is 2.63. The third kappa shape index (κ3) is 3.82. The molecule has 4 rings (SSSR count). The molecule has 0 saturated carbocycles. The molecule has 138 valence electrons. The van der Waals surface area contributed by atoms with Gasteiger partial charge < -0.3 is 9.64 Å². The number of aryl methyl sites for hydroxylation is 1. The molecule has 1 aromatic rings. The van der Waals surface area contributed by atoms with Crippen molar-refractivity contribution in [2.75, 3.05) is 45.9 Å². The summed E-state index contributed by atoms with van der Waals surface area (Å²) in [5.41, 5.74) is -0.369. The number of nitrogens with zero attached hydrogens (tertiary/aromatic N) is 3. The number of likely N-dealkylation sites (tertiary alicyclic amines) is 1. The molecule has 4 nitrogen and oxygen atoms in total. The zero-order chi connectivity index (χ0) is 17.6. The molecule has 0 radical (unpaired) electrons. The van der Waals surface area contributed by atoms with Crippen LogP contribution in [-0.4, -0.2) is 60.1 Å². The highest BCUT2D eigenvalue weighted by Gasteiger charge is 2.41. The number of ether oxygens (including phenoxy) is 1. The molecule has 3 fully saturated rings. The molecule has 0 aromatic carbocycles. The van der Waals surface area contributed by atoms with Crippen LogP contribution in [0.25, 0.3) is 0 Å². The van der Waals surface area contributed by atoms with Gasteiger partial charge in [0.05, 0.1) is 18.9 Å². The van der Waals surface area contributed by atoms with Crippen molar-refractivity contribution in [1.82, 2.24) is 14.2 Å². The number of halogens is 3. The van der Waals surface area contributed by atoms with E-state index in [1.165, 1.54) is 0 Å². The Morgan fingerprint density at radius 1 is 1.16 bits per heavy atom. The van der Waals surface area contributed by atoms with Crippen LogP contribution in [0.5, 0.6) is 0 Å². The van der Waals surface area contributed by atoms with Gasteiger partial charge in [0, 0.05) is 43.5 Å². The third-order valence-corrected chi connectivity index (χ3v) is 6.49. The highest BCUT2D eigenvalue weighted by atomic mass is 32.2. The summed E-state index contributed by atoms with van der Waals surface area (Å²) in [4.78, 5) is 7.09. The molecule has 8 heteroatoms. The number of fused-ring (bicyclic) bond motifs is 1. The van der Waals surface area contributed by atoms with E-state index in [9.17, 15) is 13.2 Å². The summed E-state index contributed by atoms with van der Waals surface area (Å²) in [7, 11) is 0. The second-order valence-electron chi connectivity index (χ2n) is 7.36. The predicted molar refractivity (Wildman–Crippen MR) is 89.1 cm³/mol. The second-order valence-corrected chi connectivity index (χ2v) is 8.50. The van der Waals surface area contributed by atoms with Crippen LogP contribution in [0.1, 0.15) is 11.4 Å². The van der Waals surface area contributed by atoms with Crippen LogP contribution in [-0.2, 0) is 10.9 Å². The maximum atomic E-state index is 12.7. The average Bonchev–Trinajstić information content (AvgIpc) is 3.01. The van der Waals surface area contributed by atoms with E-state index in [0.717, 1.165) is 56.9 Å². The molecule has 0 N–H and O–H groups in total. The van der Waals surface area contributed by atoms with Crippen molar-refractivity contribution in [3.8, 4) is 0 Å². The average molecular weight is 373 g/mol. The lowest BCUT2D eigenvalue weighted by Crippen LogP contribution is -2.39. The van der Waals surface area contributed by atoms with Gasteiger partial charge in [0.2, 0.25) is 0 Å². The van der Waals surface area contributed by atoms with Crippen molar-refractivity contribution >= 4 is 11.9 Å². The van der Waals surface area contributed by atoms with Crippen LogP contribution < -0.4 is 0 Å². The minimum Gasteiger partial charge on any atom is -0.381 e. The highest BCUT2D eigenvalue weighted by molar-refractivity contribution is 7.97. The maximum Gasteiger partial charge on any atom is 0.433 e. The van der Waals surface area contributed by atoms with Crippen molar-refractivity contribution in [3.05, 3.63) is 23.5 Å². The van der Waals surface area contributed by atoms with Crippen molar-refractivity contribution in [1.29, 1.82) is 0 Å². The molecule has 0 spiro atoms. The Kier molecular flexibility index (Phi) is 4.72. The number of aromatic nitrogens is 1. The normalized spacial score (nSPS) is 28.3. The van der Waals surface area contributed by atoms with Gasteiger partial charge in [-0.15, -0.1) is 0 Å². The van der Waals surface area contributed by atoms with Gasteiger partial charge in [0.1, 0.15) is 5.69 Å². The Bertz CT molecular complexity index is 624. The standard InChI is InChI=1S/C17H22F3N3OS/c1-11-15(2-3-16(21-11)17(18,19)20)25-23-7-13-5-22(6-14(13)8-23)4-12-9-24-10-12/h2-3,12-14H,4-10H2,1H3. The smallest absolute Gasteiger partial charge is 0.381 e. The molecular formula is C17H22F3N3OS. The summed E-state index contributed by atoms with van der Waals surface area (Å²) < 4.78 is 45.7. The molecule has 25 heavy (non-hydrogen) atoms. The summed E-state index contributed by atoms with van der Waals surface area (Å²) >= 11 is 1.55. The van der Waals surface area contributed by atoms with Crippen molar-refractivity contribution in [2.24, 2.45) is 17.8 Å². The lowest BCUT2D eigenvalue weighted by Gasteiger charge is -2.31. The van der Waals surface area contributed by atoms with Gasteiger partial charge in [0.15, 0.2) is 0 Å². The molecule has 1 aromatic heterocycles.